The average molecular weight is 352 g/mol. The third kappa shape index (κ3) is 2.85. The van der Waals surface area contributed by atoms with Crippen LogP contribution >= 0.6 is 0 Å². The molecule has 130 valence electrons. The predicted octanol–water partition coefficient (Wildman–Crippen LogP) is 5.23. The second kappa shape index (κ2) is 6.14. The third-order valence-electron chi connectivity index (χ3n) is 4.55. The summed E-state index contributed by atoms with van der Waals surface area (Å²) in [7, 11) is 0. The van der Waals surface area contributed by atoms with Crippen molar-refractivity contribution in [3.8, 4) is 17.1 Å². The summed E-state index contributed by atoms with van der Waals surface area (Å²) in [6, 6.07) is 23.2. The number of benzene rings is 3. The van der Waals surface area contributed by atoms with Crippen LogP contribution in [0.3, 0.4) is 0 Å². The molecule has 0 bridgehead atoms. The maximum absolute atomic E-state index is 9.60. The lowest BCUT2D eigenvalue weighted by atomic mass is 10.1. The Balaban J connectivity index is 1.45. The number of aromatic hydroxyl groups is 1. The smallest absolute Gasteiger partial charge is 0.138 e. The SMILES string of the molecule is Oc1ccc2[nH]c(-c3ccc(Nc4ccnc5ccccc45)cc3)nc2c1. The highest BCUT2D eigenvalue weighted by molar-refractivity contribution is 5.92. The van der Waals surface area contributed by atoms with Crippen LogP contribution in [0.2, 0.25) is 0 Å². The van der Waals surface area contributed by atoms with Crippen LogP contribution in [0.4, 0.5) is 11.4 Å². The van der Waals surface area contributed by atoms with E-state index < -0.39 is 0 Å². The molecule has 2 aromatic heterocycles. The second-order valence-corrected chi connectivity index (χ2v) is 6.36. The summed E-state index contributed by atoms with van der Waals surface area (Å²) >= 11 is 0. The number of fused-ring (bicyclic) bond motifs is 2. The Morgan fingerprint density at radius 3 is 2.59 bits per heavy atom. The number of hydrogen-bond donors (Lipinski definition) is 3. The molecule has 0 atom stereocenters. The Morgan fingerprint density at radius 1 is 0.852 bits per heavy atom. The Bertz CT molecular complexity index is 1250. The van der Waals surface area contributed by atoms with Crippen molar-refractivity contribution in [3.05, 3.63) is 79.0 Å². The maximum Gasteiger partial charge on any atom is 0.138 e. The number of phenolic OH excluding ortho intramolecular Hbond substituents is 1. The standard InChI is InChI=1S/C22H16N4O/c27-16-9-10-20-21(13-16)26-22(25-20)14-5-7-15(8-6-14)24-19-11-12-23-18-4-2-1-3-17(18)19/h1-13,27H,(H,23,24)(H,25,26). The van der Waals surface area contributed by atoms with Crippen molar-refractivity contribution >= 4 is 33.3 Å². The van der Waals surface area contributed by atoms with Gasteiger partial charge >= 0.3 is 0 Å². The number of imidazole rings is 1. The van der Waals surface area contributed by atoms with Crippen molar-refractivity contribution in [2.24, 2.45) is 0 Å². The molecule has 5 aromatic rings. The first-order chi connectivity index (χ1) is 13.3. The van der Waals surface area contributed by atoms with E-state index in [2.05, 4.69) is 26.3 Å². The Kier molecular flexibility index (Phi) is 3.50. The number of aromatic nitrogens is 3. The van der Waals surface area contributed by atoms with Gasteiger partial charge in [0.25, 0.3) is 0 Å². The highest BCUT2D eigenvalue weighted by atomic mass is 16.3. The van der Waals surface area contributed by atoms with Crippen LogP contribution in [0.15, 0.2) is 79.0 Å². The highest BCUT2D eigenvalue weighted by Gasteiger charge is 2.07. The zero-order valence-corrected chi connectivity index (χ0v) is 14.3. The number of aromatic amines is 1. The zero-order valence-electron chi connectivity index (χ0n) is 14.3. The molecule has 0 radical (unpaired) electrons. The van der Waals surface area contributed by atoms with Crippen LogP contribution < -0.4 is 5.32 Å². The zero-order chi connectivity index (χ0) is 18.2. The number of phenols is 1. The largest absolute Gasteiger partial charge is 0.508 e. The summed E-state index contributed by atoms with van der Waals surface area (Å²) in [6.07, 6.45) is 1.81. The molecule has 3 N–H and O–H groups in total. The minimum absolute atomic E-state index is 0.213. The molecule has 0 spiro atoms. The predicted molar refractivity (Wildman–Crippen MR) is 108 cm³/mol. The van der Waals surface area contributed by atoms with Gasteiger partial charge in [-0.25, -0.2) is 4.98 Å². The summed E-state index contributed by atoms with van der Waals surface area (Å²) in [5.74, 6) is 0.987. The highest BCUT2D eigenvalue weighted by Crippen LogP contribution is 2.27. The first-order valence-corrected chi connectivity index (χ1v) is 8.66. The molecular weight excluding hydrogens is 336 g/mol. The van der Waals surface area contributed by atoms with Gasteiger partial charge in [0, 0.05) is 34.6 Å². The van der Waals surface area contributed by atoms with E-state index in [0.717, 1.165) is 44.7 Å². The van der Waals surface area contributed by atoms with Gasteiger partial charge < -0.3 is 15.4 Å². The minimum atomic E-state index is 0.213. The molecule has 2 heterocycles. The lowest BCUT2D eigenvalue weighted by molar-refractivity contribution is 0.476. The summed E-state index contributed by atoms with van der Waals surface area (Å²) < 4.78 is 0. The molecular formula is C22H16N4O. The van der Waals surface area contributed by atoms with Crippen molar-refractivity contribution < 1.29 is 5.11 Å². The number of H-pyrrole nitrogens is 1. The third-order valence-corrected chi connectivity index (χ3v) is 4.55. The number of para-hydroxylation sites is 1. The van der Waals surface area contributed by atoms with Crippen molar-refractivity contribution in [3.63, 3.8) is 0 Å². The summed E-state index contributed by atoms with van der Waals surface area (Å²) in [5.41, 5.74) is 5.60. The average Bonchev–Trinajstić information content (AvgIpc) is 3.12. The van der Waals surface area contributed by atoms with E-state index in [1.54, 1.807) is 12.1 Å². The molecule has 0 aliphatic heterocycles. The molecule has 27 heavy (non-hydrogen) atoms. The Hall–Kier alpha value is -3.86. The van der Waals surface area contributed by atoms with Gasteiger partial charge in [0.2, 0.25) is 0 Å². The van der Waals surface area contributed by atoms with Crippen molar-refractivity contribution in [2.45, 2.75) is 0 Å². The van der Waals surface area contributed by atoms with Gasteiger partial charge in [0.15, 0.2) is 0 Å². The van der Waals surface area contributed by atoms with Gasteiger partial charge in [-0.2, -0.15) is 0 Å². The molecule has 0 saturated heterocycles. The number of nitrogens with one attached hydrogen (secondary N) is 2. The summed E-state index contributed by atoms with van der Waals surface area (Å²) in [6.45, 7) is 0. The first kappa shape index (κ1) is 15.4. The van der Waals surface area contributed by atoms with E-state index in [4.69, 9.17) is 0 Å². The van der Waals surface area contributed by atoms with Gasteiger partial charge in [0.05, 0.1) is 16.6 Å². The van der Waals surface area contributed by atoms with Crippen molar-refractivity contribution in [1.82, 2.24) is 15.0 Å². The molecule has 0 unspecified atom stereocenters. The second-order valence-electron chi connectivity index (χ2n) is 6.36. The number of hydrogen-bond acceptors (Lipinski definition) is 4. The molecule has 3 aromatic carbocycles. The number of nitrogens with zero attached hydrogens (tertiary/aromatic N) is 2. The van der Waals surface area contributed by atoms with Gasteiger partial charge in [-0.3, -0.25) is 4.98 Å². The van der Waals surface area contributed by atoms with Gasteiger partial charge in [-0.15, -0.1) is 0 Å². The lowest BCUT2D eigenvalue weighted by Gasteiger charge is -2.09. The van der Waals surface area contributed by atoms with Crippen LogP contribution in [0.5, 0.6) is 5.75 Å². The number of rotatable bonds is 3. The van der Waals surface area contributed by atoms with E-state index in [1.165, 1.54) is 0 Å². The van der Waals surface area contributed by atoms with Crippen LogP contribution in [0.1, 0.15) is 0 Å². The maximum atomic E-state index is 9.60. The van der Waals surface area contributed by atoms with E-state index in [9.17, 15) is 5.11 Å². The van der Waals surface area contributed by atoms with Gasteiger partial charge in [-0.05, 0) is 48.5 Å². The first-order valence-electron chi connectivity index (χ1n) is 8.66. The van der Waals surface area contributed by atoms with Crippen LogP contribution in [-0.4, -0.2) is 20.1 Å². The molecule has 5 rings (SSSR count). The monoisotopic (exact) mass is 352 g/mol. The fraction of sp³-hybridized carbons (Fsp3) is 0. The molecule has 5 nitrogen and oxygen atoms in total. The number of pyridine rings is 1. The van der Waals surface area contributed by atoms with Gasteiger partial charge in [0.1, 0.15) is 11.6 Å². The van der Waals surface area contributed by atoms with Crippen LogP contribution in [0, 0.1) is 0 Å². The summed E-state index contributed by atoms with van der Waals surface area (Å²) in [4.78, 5) is 12.2. The van der Waals surface area contributed by atoms with Gasteiger partial charge in [-0.1, -0.05) is 18.2 Å². The molecule has 0 aliphatic carbocycles. The molecule has 0 saturated carbocycles. The Morgan fingerprint density at radius 2 is 1.70 bits per heavy atom. The normalized spacial score (nSPS) is 11.1. The molecule has 0 amide bonds. The molecule has 5 heteroatoms. The van der Waals surface area contributed by atoms with Crippen LogP contribution in [-0.2, 0) is 0 Å². The van der Waals surface area contributed by atoms with E-state index in [-0.39, 0.29) is 5.75 Å². The quantitative estimate of drug-likeness (QED) is 0.416. The fourth-order valence-corrected chi connectivity index (χ4v) is 3.20. The van der Waals surface area contributed by atoms with E-state index in [1.807, 2.05) is 60.8 Å². The fourth-order valence-electron chi connectivity index (χ4n) is 3.20. The lowest BCUT2D eigenvalue weighted by Crippen LogP contribution is -1.92. The topological polar surface area (TPSA) is 73.8 Å². The minimum Gasteiger partial charge on any atom is -0.508 e. The Labute approximate surface area is 155 Å². The van der Waals surface area contributed by atoms with Crippen molar-refractivity contribution in [1.29, 1.82) is 0 Å². The van der Waals surface area contributed by atoms with E-state index >= 15 is 0 Å². The van der Waals surface area contributed by atoms with Crippen LogP contribution in [0.25, 0.3) is 33.3 Å². The molecule has 0 aliphatic rings. The summed E-state index contributed by atoms with van der Waals surface area (Å²) in [5, 5.41) is 14.1. The number of anilines is 2. The molecule has 0 fully saturated rings. The van der Waals surface area contributed by atoms with E-state index in [0.29, 0.717) is 0 Å². The van der Waals surface area contributed by atoms with Crippen molar-refractivity contribution in [2.75, 3.05) is 5.32 Å².